The van der Waals surface area contributed by atoms with Crippen LogP contribution in [0.3, 0.4) is 0 Å². The van der Waals surface area contributed by atoms with Crippen LogP contribution in [0, 0.1) is 0 Å². The topological polar surface area (TPSA) is 86.3 Å². The van der Waals surface area contributed by atoms with E-state index in [2.05, 4.69) is 54.7 Å². The van der Waals surface area contributed by atoms with Crippen molar-refractivity contribution >= 4 is 0 Å². The van der Waals surface area contributed by atoms with Gasteiger partial charge in [0, 0.05) is 19.0 Å². The number of hydrogen-bond donors (Lipinski definition) is 1. The first-order valence-corrected chi connectivity index (χ1v) is 8.29. The summed E-state index contributed by atoms with van der Waals surface area (Å²) in [5.41, 5.74) is 2.16. The maximum atomic E-state index is 4.34. The number of hydrogen-bond acceptors (Lipinski definition) is 6. The number of rotatable bonds is 5. The fourth-order valence-electron chi connectivity index (χ4n) is 3.06. The molecule has 2 aromatic heterocycles. The van der Waals surface area contributed by atoms with Crippen LogP contribution in [0.4, 0.5) is 0 Å². The lowest BCUT2D eigenvalue weighted by Gasteiger charge is -2.17. The van der Waals surface area contributed by atoms with E-state index in [1.807, 2.05) is 12.1 Å². The summed E-state index contributed by atoms with van der Waals surface area (Å²) < 4.78 is 3.90. The van der Waals surface area contributed by atoms with Crippen LogP contribution >= 0.6 is 0 Å². The van der Waals surface area contributed by atoms with Crippen LogP contribution in [0.25, 0.3) is 5.69 Å². The lowest BCUT2D eigenvalue weighted by Crippen LogP contribution is -2.22. The molecule has 3 aromatic rings. The van der Waals surface area contributed by atoms with Crippen LogP contribution in [0.5, 0.6) is 0 Å². The van der Waals surface area contributed by atoms with Crippen molar-refractivity contribution in [2.45, 2.75) is 45.3 Å². The third-order valence-electron chi connectivity index (χ3n) is 4.51. The summed E-state index contributed by atoms with van der Waals surface area (Å²) >= 11 is 0. The molecule has 0 saturated heterocycles. The molecular weight excluding hydrogens is 304 g/mol. The Morgan fingerprint density at radius 3 is 2.83 bits per heavy atom. The summed E-state index contributed by atoms with van der Waals surface area (Å²) in [6.07, 6.45) is 5.06. The van der Waals surface area contributed by atoms with Crippen molar-refractivity contribution < 1.29 is 0 Å². The van der Waals surface area contributed by atoms with Gasteiger partial charge in [-0.2, -0.15) is 0 Å². The Kier molecular flexibility index (Phi) is 4.04. The fraction of sp³-hybridized carbons (Fsp3) is 0.438. The second-order valence-electron chi connectivity index (χ2n) is 6.09. The second kappa shape index (κ2) is 6.48. The first-order chi connectivity index (χ1) is 11.8. The minimum Gasteiger partial charge on any atom is -0.314 e. The van der Waals surface area contributed by atoms with Crippen LogP contribution in [0.1, 0.15) is 43.0 Å². The van der Waals surface area contributed by atoms with Crippen LogP contribution in [-0.2, 0) is 19.5 Å². The molecule has 0 saturated carbocycles. The minimum atomic E-state index is 0.226. The van der Waals surface area contributed by atoms with Gasteiger partial charge in [0.25, 0.3) is 0 Å². The molecule has 0 unspecified atom stereocenters. The monoisotopic (exact) mass is 324 g/mol. The Hall–Kier alpha value is -2.61. The molecule has 1 aliphatic heterocycles. The number of nitrogens with one attached hydrogen (secondary N) is 1. The molecule has 0 radical (unpaired) electrons. The van der Waals surface area contributed by atoms with Gasteiger partial charge in [0.15, 0.2) is 0 Å². The van der Waals surface area contributed by atoms with Gasteiger partial charge in [-0.25, -0.2) is 4.68 Å². The van der Waals surface area contributed by atoms with Gasteiger partial charge in [0.1, 0.15) is 18.0 Å². The van der Waals surface area contributed by atoms with Crippen molar-refractivity contribution in [1.82, 2.24) is 40.3 Å². The summed E-state index contributed by atoms with van der Waals surface area (Å²) in [6.45, 7) is 3.91. The molecule has 4 rings (SSSR count). The number of tetrazole rings is 1. The third kappa shape index (κ3) is 2.92. The lowest BCUT2D eigenvalue weighted by molar-refractivity contribution is 0.484. The average molecular weight is 324 g/mol. The molecule has 0 amide bonds. The Bertz CT molecular complexity index is 790. The first-order valence-electron chi connectivity index (χ1n) is 8.29. The van der Waals surface area contributed by atoms with Gasteiger partial charge >= 0.3 is 0 Å². The number of fused-ring (bicyclic) bond motifs is 1. The third-order valence-corrected chi connectivity index (χ3v) is 4.51. The van der Waals surface area contributed by atoms with Crippen LogP contribution < -0.4 is 5.32 Å². The van der Waals surface area contributed by atoms with Crippen molar-refractivity contribution in [3.8, 4) is 5.69 Å². The molecule has 1 aromatic carbocycles. The van der Waals surface area contributed by atoms with Gasteiger partial charge in [0.05, 0.1) is 12.2 Å². The van der Waals surface area contributed by atoms with Crippen molar-refractivity contribution in [3.05, 3.63) is 47.8 Å². The molecule has 8 nitrogen and oxygen atoms in total. The number of nitrogens with zero attached hydrogens (tertiary/aromatic N) is 7. The predicted molar refractivity (Wildman–Crippen MR) is 87.4 cm³/mol. The minimum absolute atomic E-state index is 0.226. The van der Waals surface area contributed by atoms with Crippen molar-refractivity contribution in [2.24, 2.45) is 0 Å². The summed E-state index contributed by atoms with van der Waals surface area (Å²) in [4.78, 5) is 0. The zero-order chi connectivity index (χ0) is 16.4. The molecule has 1 N–H and O–H groups in total. The second-order valence-corrected chi connectivity index (χ2v) is 6.09. The van der Waals surface area contributed by atoms with Gasteiger partial charge in [0.2, 0.25) is 0 Å². The summed E-state index contributed by atoms with van der Waals surface area (Å²) in [5.74, 6) is 2.15. The van der Waals surface area contributed by atoms with E-state index in [0.29, 0.717) is 0 Å². The number of aromatic nitrogens is 7. The predicted octanol–water partition coefficient (Wildman–Crippen LogP) is 1.44. The molecule has 0 aliphatic carbocycles. The van der Waals surface area contributed by atoms with Crippen molar-refractivity contribution in [1.29, 1.82) is 0 Å². The van der Waals surface area contributed by atoms with Gasteiger partial charge in [-0.15, -0.1) is 15.3 Å². The van der Waals surface area contributed by atoms with Gasteiger partial charge in [-0.05, 0) is 47.9 Å². The Morgan fingerprint density at radius 2 is 2.04 bits per heavy atom. The molecule has 0 fully saturated rings. The molecule has 8 heteroatoms. The maximum absolute atomic E-state index is 4.34. The first kappa shape index (κ1) is 14.9. The lowest BCUT2D eigenvalue weighted by atomic mass is 10.1. The Labute approximate surface area is 139 Å². The van der Waals surface area contributed by atoms with Crippen LogP contribution in [0.15, 0.2) is 30.6 Å². The maximum Gasteiger partial charge on any atom is 0.147 e. The summed E-state index contributed by atoms with van der Waals surface area (Å²) in [6, 6.07) is 8.44. The SMILES string of the molecule is C[C@H](NCc1nnc2n1CCCC2)c1ccc(-n2cnnn2)cc1. The summed E-state index contributed by atoms with van der Waals surface area (Å²) in [5, 5.41) is 23.4. The van der Waals surface area contributed by atoms with Crippen LogP contribution in [0.2, 0.25) is 0 Å². The molecule has 0 spiro atoms. The standard InChI is InChI=1S/C16H20N8/c1-12(13-5-7-14(8-6-13)24-11-18-21-22-24)17-10-16-20-19-15-4-2-3-9-23(15)16/h5-8,11-12,17H,2-4,9-10H2,1H3/t12-/m0/s1. The van der Waals surface area contributed by atoms with E-state index in [1.165, 1.54) is 18.4 Å². The van der Waals surface area contributed by atoms with Gasteiger partial charge in [-0.3, -0.25) is 0 Å². The largest absolute Gasteiger partial charge is 0.314 e. The van der Waals surface area contributed by atoms with Crippen molar-refractivity contribution in [3.63, 3.8) is 0 Å². The average Bonchev–Trinajstić information content (AvgIpc) is 3.30. The molecule has 0 bridgehead atoms. The molecule has 3 heterocycles. The zero-order valence-electron chi connectivity index (χ0n) is 13.6. The molecule has 1 atom stereocenters. The van der Waals surface area contributed by atoms with E-state index in [-0.39, 0.29) is 6.04 Å². The van der Waals surface area contributed by atoms with E-state index in [4.69, 9.17) is 0 Å². The van der Waals surface area contributed by atoms with E-state index >= 15 is 0 Å². The highest BCUT2D eigenvalue weighted by Gasteiger charge is 2.16. The zero-order valence-corrected chi connectivity index (χ0v) is 13.6. The molecule has 24 heavy (non-hydrogen) atoms. The highest BCUT2D eigenvalue weighted by atomic mass is 15.5. The normalized spacial score (nSPS) is 15.2. The molecule has 124 valence electrons. The van der Waals surface area contributed by atoms with Gasteiger partial charge < -0.3 is 9.88 Å². The van der Waals surface area contributed by atoms with E-state index in [9.17, 15) is 0 Å². The quantitative estimate of drug-likeness (QED) is 0.764. The highest BCUT2D eigenvalue weighted by Crippen LogP contribution is 2.17. The Morgan fingerprint density at radius 1 is 1.17 bits per heavy atom. The summed E-state index contributed by atoms with van der Waals surface area (Å²) in [7, 11) is 0. The van der Waals surface area contributed by atoms with Crippen LogP contribution in [-0.4, -0.2) is 35.0 Å². The highest BCUT2D eigenvalue weighted by molar-refractivity contribution is 5.34. The molecule has 1 aliphatic rings. The van der Waals surface area contributed by atoms with Gasteiger partial charge in [-0.1, -0.05) is 12.1 Å². The van der Waals surface area contributed by atoms with E-state index in [0.717, 1.165) is 36.8 Å². The fourth-order valence-corrected chi connectivity index (χ4v) is 3.06. The van der Waals surface area contributed by atoms with E-state index < -0.39 is 0 Å². The van der Waals surface area contributed by atoms with E-state index in [1.54, 1.807) is 11.0 Å². The van der Waals surface area contributed by atoms with Crippen molar-refractivity contribution in [2.75, 3.05) is 0 Å². The Balaban J connectivity index is 1.41. The number of benzene rings is 1. The molecular formula is C16H20N8. The number of aryl methyl sites for hydroxylation is 1. The smallest absolute Gasteiger partial charge is 0.147 e.